The highest BCUT2D eigenvalue weighted by molar-refractivity contribution is 5.91. The van der Waals surface area contributed by atoms with E-state index in [4.69, 9.17) is 14.2 Å². The Kier molecular flexibility index (Phi) is 9.88. The van der Waals surface area contributed by atoms with Gasteiger partial charge in [0.05, 0.1) is 25.7 Å². The second-order valence-electron chi connectivity index (χ2n) is 13.1. The SMILES string of the molecule is COC(=O)C1(C)CCCC2(C)C3CCC(=CC(=O)N(C)CCOC4OC(CO)C(O)C(O)C4O)C(C)C3C(=O)C(O)C12. The van der Waals surface area contributed by atoms with Crippen LogP contribution < -0.4 is 0 Å². The molecule has 4 aliphatic rings. The fraction of sp³-hybridized carbons (Fsp3) is 0.833. The summed E-state index contributed by atoms with van der Waals surface area (Å²) in [6, 6.07) is 0. The standard InChI is InChI=1S/C30H47NO11/c1-15-16(13-19(33)31(4)11-12-41-27-25(38)23(36)21(34)18(14-32)42-27)7-8-17-20(15)22(35)24(37)26-29(17,2)9-6-10-30(26,3)28(39)40-5/h13,15,17-18,20-21,23-27,32,34,36-38H,6-12,14H2,1-5H3. The Morgan fingerprint density at radius 1 is 1.12 bits per heavy atom. The molecule has 12 atom stereocenters. The molecule has 4 rings (SSSR count). The number of aliphatic hydroxyl groups excluding tert-OH is 5. The molecule has 1 heterocycles. The van der Waals surface area contributed by atoms with Crippen molar-refractivity contribution in [3.8, 4) is 0 Å². The van der Waals surface area contributed by atoms with Crippen LogP contribution in [0.15, 0.2) is 11.6 Å². The molecule has 5 N–H and O–H groups in total. The molecule has 0 aromatic heterocycles. The summed E-state index contributed by atoms with van der Waals surface area (Å²) in [7, 11) is 2.93. The number of aliphatic hydroxyl groups is 5. The van der Waals surface area contributed by atoms with E-state index in [2.05, 4.69) is 6.92 Å². The molecule has 3 aliphatic carbocycles. The first-order chi connectivity index (χ1) is 19.7. The Labute approximate surface area is 246 Å². The summed E-state index contributed by atoms with van der Waals surface area (Å²) < 4.78 is 16.0. The number of hydrogen-bond acceptors (Lipinski definition) is 11. The number of allylic oxidation sites excluding steroid dienone is 1. The number of carbonyl (C=O) groups excluding carboxylic acids is 3. The van der Waals surface area contributed by atoms with Gasteiger partial charge in [-0.2, -0.15) is 0 Å². The molecule has 0 spiro atoms. The Balaban J connectivity index is 1.42. The van der Waals surface area contributed by atoms with Crippen LogP contribution >= 0.6 is 0 Å². The van der Waals surface area contributed by atoms with Gasteiger partial charge in [0.25, 0.3) is 0 Å². The van der Waals surface area contributed by atoms with Crippen LogP contribution in [0.2, 0.25) is 0 Å². The number of nitrogens with zero attached hydrogens (tertiary/aromatic N) is 1. The molecule has 0 bridgehead atoms. The number of likely N-dealkylation sites (N-methyl/N-ethyl adjacent to an activating group) is 1. The van der Waals surface area contributed by atoms with Crippen LogP contribution in [-0.2, 0) is 28.6 Å². The van der Waals surface area contributed by atoms with Gasteiger partial charge in [-0.15, -0.1) is 0 Å². The van der Waals surface area contributed by atoms with Gasteiger partial charge < -0.3 is 44.6 Å². The summed E-state index contributed by atoms with van der Waals surface area (Å²) in [6.07, 6.45) is -3.24. The Morgan fingerprint density at radius 2 is 1.81 bits per heavy atom. The van der Waals surface area contributed by atoms with Gasteiger partial charge in [0.2, 0.25) is 5.91 Å². The van der Waals surface area contributed by atoms with Crippen molar-refractivity contribution in [3.05, 3.63) is 11.6 Å². The van der Waals surface area contributed by atoms with Crippen molar-refractivity contribution in [1.82, 2.24) is 4.90 Å². The summed E-state index contributed by atoms with van der Waals surface area (Å²) in [6.45, 7) is 5.35. The Bertz CT molecular complexity index is 1060. The molecular weight excluding hydrogens is 550 g/mol. The third-order valence-corrected chi connectivity index (χ3v) is 10.8. The average Bonchev–Trinajstić information content (AvgIpc) is 2.96. The number of esters is 1. The summed E-state index contributed by atoms with van der Waals surface area (Å²) in [5.74, 6) is -2.25. The number of methoxy groups -OCH3 is 1. The zero-order valence-corrected chi connectivity index (χ0v) is 25.1. The second kappa shape index (κ2) is 12.6. The van der Waals surface area contributed by atoms with Crippen molar-refractivity contribution in [2.45, 2.75) is 89.7 Å². The largest absolute Gasteiger partial charge is 0.469 e. The maximum Gasteiger partial charge on any atom is 0.311 e. The van der Waals surface area contributed by atoms with E-state index in [0.29, 0.717) is 19.3 Å². The molecule has 0 aromatic rings. The molecule has 0 radical (unpaired) electrons. The Morgan fingerprint density at radius 3 is 2.45 bits per heavy atom. The van der Waals surface area contributed by atoms with E-state index in [-0.39, 0.29) is 36.7 Å². The minimum Gasteiger partial charge on any atom is -0.469 e. The molecule has 12 unspecified atom stereocenters. The van der Waals surface area contributed by atoms with Crippen molar-refractivity contribution in [2.24, 2.45) is 34.5 Å². The van der Waals surface area contributed by atoms with Gasteiger partial charge in [0.15, 0.2) is 12.1 Å². The Hall–Kier alpha value is -1.93. The zero-order chi connectivity index (χ0) is 31.1. The van der Waals surface area contributed by atoms with E-state index in [9.17, 15) is 39.9 Å². The number of Topliss-reactive ketones (excluding diaryl/α,β-unsaturated/α-hetero) is 1. The number of ketones is 1. The number of fused-ring (bicyclic) bond motifs is 3. The lowest BCUT2D eigenvalue weighted by atomic mass is 9.42. The summed E-state index contributed by atoms with van der Waals surface area (Å²) in [5.41, 5.74) is -0.545. The number of ether oxygens (including phenoxy) is 3. The highest BCUT2D eigenvalue weighted by Crippen LogP contribution is 2.64. The number of amides is 1. The number of hydrogen-bond donors (Lipinski definition) is 5. The van der Waals surface area contributed by atoms with Crippen LogP contribution in [0.25, 0.3) is 0 Å². The molecule has 3 saturated carbocycles. The fourth-order valence-corrected chi connectivity index (χ4v) is 8.41. The summed E-state index contributed by atoms with van der Waals surface area (Å²) in [4.78, 5) is 41.1. The highest BCUT2D eigenvalue weighted by atomic mass is 16.7. The first-order valence-corrected chi connectivity index (χ1v) is 14.9. The summed E-state index contributed by atoms with van der Waals surface area (Å²) in [5, 5.41) is 50.7. The maximum atomic E-state index is 13.7. The lowest BCUT2D eigenvalue weighted by molar-refractivity contribution is -0.301. The molecule has 42 heavy (non-hydrogen) atoms. The van der Waals surface area contributed by atoms with Crippen molar-refractivity contribution in [2.75, 3.05) is 33.9 Å². The molecule has 1 saturated heterocycles. The molecule has 12 heteroatoms. The van der Waals surface area contributed by atoms with Crippen LogP contribution in [0.3, 0.4) is 0 Å². The van der Waals surface area contributed by atoms with Crippen LogP contribution in [0.5, 0.6) is 0 Å². The van der Waals surface area contributed by atoms with Gasteiger partial charge >= 0.3 is 5.97 Å². The van der Waals surface area contributed by atoms with Crippen LogP contribution in [0.1, 0.15) is 52.9 Å². The van der Waals surface area contributed by atoms with Crippen molar-refractivity contribution >= 4 is 17.7 Å². The molecule has 238 valence electrons. The van der Waals surface area contributed by atoms with Crippen molar-refractivity contribution < 1.29 is 54.1 Å². The summed E-state index contributed by atoms with van der Waals surface area (Å²) >= 11 is 0. The monoisotopic (exact) mass is 597 g/mol. The average molecular weight is 598 g/mol. The third-order valence-electron chi connectivity index (χ3n) is 10.8. The molecule has 12 nitrogen and oxygen atoms in total. The molecule has 0 aromatic carbocycles. The number of carbonyl (C=O) groups is 3. The molecule has 1 amide bonds. The van der Waals surface area contributed by atoms with Gasteiger partial charge in [-0.3, -0.25) is 14.4 Å². The minimum absolute atomic E-state index is 0.0328. The van der Waals surface area contributed by atoms with E-state index in [1.807, 2.05) is 13.8 Å². The molecule has 1 aliphatic heterocycles. The first-order valence-electron chi connectivity index (χ1n) is 14.9. The van der Waals surface area contributed by atoms with Gasteiger partial charge in [0.1, 0.15) is 30.5 Å². The van der Waals surface area contributed by atoms with Crippen LogP contribution in [0, 0.1) is 34.5 Å². The van der Waals surface area contributed by atoms with E-state index in [0.717, 1.165) is 18.4 Å². The van der Waals surface area contributed by atoms with Crippen LogP contribution in [0.4, 0.5) is 0 Å². The number of rotatable bonds is 7. The quantitative estimate of drug-likeness (QED) is 0.193. The van der Waals surface area contributed by atoms with Crippen molar-refractivity contribution in [3.63, 3.8) is 0 Å². The van der Waals surface area contributed by atoms with E-state index in [1.165, 1.54) is 12.0 Å². The predicted octanol–water partition coefficient (Wildman–Crippen LogP) is -0.221. The van der Waals surface area contributed by atoms with Gasteiger partial charge in [-0.05, 0) is 49.9 Å². The first kappa shape index (κ1) is 33.0. The topological polar surface area (TPSA) is 183 Å². The lowest BCUT2D eigenvalue weighted by Gasteiger charge is -2.61. The molecular formula is C30H47NO11. The second-order valence-corrected chi connectivity index (χ2v) is 13.1. The van der Waals surface area contributed by atoms with E-state index < -0.39 is 72.1 Å². The highest BCUT2D eigenvalue weighted by Gasteiger charge is 2.66. The fourth-order valence-electron chi connectivity index (χ4n) is 8.41. The molecule has 4 fully saturated rings. The van der Waals surface area contributed by atoms with Gasteiger partial charge in [0, 0.05) is 31.5 Å². The minimum atomic E-state index is -1.55. The zero-order valence-electron chi connectivity index (χ0n) is 25.1. The van der Waals surface area contributed by atoms with E-state index >= 15 is 0 Å². The van der Waals surface area contributed by atoms with Gasteiger partial charge in [-0.1, -0.05) is 25.8 Å². The van der Waals surface area contributed by atoms with Crippen molar-refractivity contribution in [1.29, 1.82) is 0 Å². The van der Waals surface area contributed by atoms with Crippen LogP contribution in [-0.4, -0.2) is 119 Å². The third kappa shape index (κ3) is 5.55. The lowest BCUT2D eigenvalue weighted by Crippen LogP contribution is -2.65. The maximum absolute atomic E-state index is 13.7. The normalized spacial score (nSPS) is 44.7. The smallest absolute Gasteiger partial charge is 0.311 e. The predicted molar refractivity (Wildman–Crippen MR) is 147 cm³/mol. The van der Waals surface area contributed by atoms with E-state index in [1.54, 1.807) is 13.1 Å². The van der Waals surface area contributed by atoms with Gasteiger partial charge in [-0.25, -0.2) is 0 Å².